The fourth-order valence-electron chi connectivity index (χ4n) is 5.85. The Morgan fingerprint density at radius 2 is 1.93 bits per heavy atom. The highest BCUT2D eigenvalue weighted by Crippen LogP contribution is 2.36. The van der Waals surface area contributed by atoms with Gasteiger partial charge in [0.15, 0.2) is 0 Å². The molecule has 2 aliphatic rings. The Labute approximate surface area is 257 Å². The average Bonchev–Trinajstić information content (AvgIpc) is 3.40. The maximum Gasteiger partial charge on any atom is 0.255 e. The van der Waals surface area contributed by atoms with E-state index in [1.165, 1.54) is 12.1 Å². The Bertz CT molecular complexity index is 1590. The van der Waals surface area contributed by atoms with Crippen molar-refractivity contribution in [2.45, 2.75) is 43.7 Å². The van der Waals surface area contributed by atoms with Crippen molar-refractivity contribution in [3.63, 3.8) is 0 Å². The Morgan fingerprint density at radius 3 is 2.63 bits per heavy atom. The number of nitrogens with zero attached hydrogens (tertiary/aromatic N) is 4. The van der Waals surface area contributed by atoms with Crippen molar-refractivity contribution >= 4 is 33.2 Å². The number of sulfonamides is 1. The van der Waals surface area contributed by atoms with Gasteiger partial charge in [0.05, 0.1) is 22.9 Å². The normalized spacial score (nSPS) is 19.6. The molecule has 1 aromatic heterocycles. The number of pyridine rings is 1. The average molecular weight is 630 g/mol. The molecule has 0 aliphatic carbocycles. The van der Waals surface area contributed by atoms with Gasteiger partial charge in [-0.05, 0) is 81.4 Å². The van der Waals surface area contributed by atoms with Crippen molar-refractivity contribution in [1.29, 1.82) is 0 Å². The van der Waals surface area contributed by atoms with E-state index < -0.39 is 15.8 Å². The summed E-state index contributed by atoms with van der Waals surface area (Å²) in [4.78, 5) is 23.7. The summed E-state index contributed by atoms with van der Waals surface area (Å²) in [6.07, 6.45) is 3.04. The lowest BCUT2D eigenvalue weighted by atomic mass is 10.0. The number of piperazine rings is 1. The molecule has 2 atom stereocenters. The quantitative estimate of drug-likeness (QED) is 0.368. The van der Waals surface area contributed by atoms with Crippen LogP contribution < -0.4 is 14.4 Å². The molecule has 5 rings (SSSR count). The molecule has 0 unspecified atom stereocenters. The molecule has 9 nitrogen and oxygen atoms in total. The molecule has 0 saturated carbocycles. The summed E-state index contributed by atoms with van der Waals surface area (Å²) < 4.78 is 50.4. The van der Waals surface area contributed by atoms with Gasteiger partial charge in [0.2, 0.25) is 15.9 Å². The minimum atomic E-state index is -3.93. The lowest BCUT2D eigenvalue weighted by Crippen LogP contribution is -2.55. The molecular formula is C31H37ClFN5O4S. The van der Waals surface area contributed by atoms with Crippen LogP contribution in [0.4, 0.5) is 10.1 Å². The number of halogens is 2. The van der Waals surface area contributed by atoms with Crippen LogP contribution in [-0.2, 0) is 10.0 Å². The van der Waals surface area contributed by atoms with Gasteiger partial charge in [-0.1, -0.05) is 24.6 Å². The van der Waals surface area contributed by atoms with Crippen LogP contribution in [-0.4, -0.2) is 87.6 Å². The number of aromatic nitrogens is 1. The summed E-state index contributed by atoms with van der Waals surface area (Å²) >= 11 is 6.20. The standard InChI is InChI=1S/C31H37ClFN5O4S/c1-4-24-20-37(31(39)26-10-9-22(33)18-27(26)32)15-16-38(24)28-11-8-21(25-7-6-13-34-30(25)42-5-2)17-29(28)43(40,41)35-23-12-14-36(3)19-23/h6-11,13,17-18,23-24,35H,4-5,12,14-16,19-20H2,1-3H3/t23-,24-/m1/s1. The highest BCUT2D eigenvalue weighted by molar-refractivity contribution is 7.89. The fourth-order valence-corrected chi connectivity index (χ4v) is 7.60. The van der Waals surface area contributed by atoms with Crippen LogP contribution in [0.1, 0.15) is 37.0 Å². The van der Waals surface area contributed by atoms with Crippen LogP contribution in [0.2, 0.25) is 5.02 Å². The number of ether oxygens (including phenoxy) is 1. The summed E-state index contributed by atoms with van der Waals surface area (Å²) in [6.45, 7) is 6.89. The number of hydrogen-bond donors (Lipinski definition) is 1. The molecule has 3 aromatic rings. The van der Waals surface area contributed by atoms with Crippen molar-refractivity contribution in [3.05, 3.63) is 71.1 Å². The molecule has 2 aromatic carbocycles. The van der Waals surface area contributed by atoms with Gasteiger partial charge in [-0.15, -0.1) is 0 Å². The Kier molecular flexibility index (Phi) is 9.55. The second-order valence-corrected chi connectivity index (χ2v) is 13.1. The molecular weight excluding hydrogens is 593 g/mol. The van der Waals surface area contributed by atoms with Gasteiger partial charge < -0.3 is 19.4 Å². The minimum absolute atomic E-state index is 0.0647. The van der Waals surface area contributed by atoms with Crippen LogP contribution in [0.15, 0.2) is 59.6 Å². The highest BCUT2D eigenvalue weighted by atomic mass is 35.5. The molecule has 3 heterocycles. The zero-order chi connectivity index (χ0) is 30.7. The van der Waals surface area contributed by atoms with E-state index in [1.807, 2.05) is 39.1 Å². The van der Waals surface area contributed by atoms with E-state index >= 15 is 0 Å². The van der Waals surface area contributed by atoms with E-state index in [9.17, 15) is 17.6 Å². The summed E-state index contributed by atoms with van der Waals surface area (Å²) in [5.74, 6) is -0.352. The monoisotopic (exact) mass is 629 g/mol. The number of benzene rings is 2. The molecule has 43 heavy (non-hydrogen) atoms. The first kappa shape index (κ1) is 31.2. The van der Waals surface area contributed by atoms with E-state index in [-0.39, 0.29) is 33.5 Å². The van der Waals surface area contributed by atoms with Gasteiger partial charge in [0, 0.05) is 50.0 Å². The van der Waals surface area contributed by atoms with Crippen LogP contribution in [0.25, 0.3) is 11.1 Å². The zero-order valence-corrected chi connectivity index (χ0v) is 26.2. The van der Waals surface area contributed by atoms with Gasteiger partial charge in [0.1, 0.15) is 10.7 Å². The summed E-state index contributed by atoms with van der Waals surface area (Å²) in [5.41, 5.74) is 2.19. The third-order valence-corrected chi connectivity index (χ3v) is 9.90. The lowest BCUT2D eigenvalue weighted by molar-refractivity contribution is 0.0720. The minimum Gasteiger partial charge on any atom is -0.478 e. The zero-order valence-electron chi connectivity index (χ0n) is 24.6. The number of hydrogen-bond acceptors (Lipinski definition) is 7. The Morgan fingerprint density at radius 1 is 1.12 bits per heavy atom. The molecule has 1 amide bonds. The summed E-state index contributed by atoms with van der Waals surface area (Å²) in [5, 5.41) is 0.0647. The third-order valence-electron chi connectivity index (χ3n) is 8.04. The Balaban J connectivity index is 1.50. The lowest BCUT2D eigenvalue weighted by Gasteiger charge is -2.43. The number of carbonyl (C=O) groups is 1. The Hall–Kier alpha value is -3.25. The second-order valence-electron chi connectivity index (χ2n) is 11.0. The third kappa shape index (κ3) is 6.80. The van der Waals surface area contributed by atoms with Crippen molar-refractivity contribution < 1.29 is 22.3 Å². The van der Waals surface area contributed by atoms with Crippen LogP contribution in [0.3, 0.4) is 0 Å². The molecule has 230 valence electrons. The smallest absolute Gasteiger partial charge is 0.255 e. The van der Waals surface area contributed by atoms with Gasteiger partial charge in [-0.2, -0.15) is 0 Å². The van der Waals surface area contributed by atoms with Crippen molar-refractivity contribution in [1.82, 2.24) is 19.5 Å². The van der Waals surface area contributed by atoms with Gasteiger partial charge in [-0.25, -0.2) is 22.5 Å². The van der Waals surface area contributed by atoms with Gasteiger partial charge >= 0.3 is 0 Å². The van der Waals surface area contributed by atoms with Crippen LogP contribution in [0, 0.1) is 5.82 Å². The predicted molar refractivity (Wildman–Crippen MR) is 166 cm³/mol. The van der Waals surface area contributed by atoms with Crippen molar-refractivity contribution in [3.8, 4) is 17.0 Å². The number of likely N-dealkylation sites (N-methyl/N-ethyl adjacent to an activating group) is 1. The fraction of sp³-hybridized carbons (Fsp3) is 0.419. The van der Waals surface area contributed by atoms with E-state index in [1.54, 1.807) is 23.2 Å². The van der Waals surface area contributed by atoms with E-state index in [0.717, 1.165) is 19.0 Å². The second kappa shape index (κ2) is 13.2. The van der Waals surface area contributed by atoms with Crippen molar-refractivity contribution in [2.75, 3.05) is 51.3 Å². The number of carbonyl (C=O) groups excluding carboxylic acids is 1. The predicted octanol–water partition coefficient (Wildman–Crippen LogP) is 4.66. The molecule has 2 fully saturated rings. The van der Waals surface area contributed by atoms with Gasteiger partial charge in [-0.3, -0.25) is 4.79 Å². The van der Waals surface area contributed by atoms with E-state index in [0.29, 0.717) is 61.9 Å². The first-order valence-corrected chi connectivity index (χ1v) is 16.4. The largest absolute Gasteiger partial charge is 0.478 e. The molecule has 0 spiro atoms. The number of anilines is 1. The number of rotatable bonds is 9. The number of nitrogens with one attached hydrogen (secondary N) is 1. The highest BCUT2D eigenvalue weighted by Gasteiger charge is 2.34. The van der Waals surface area contributed by atoms with Gasteiger partial charge in [0.25, 0.3) is 5.91 Å². The topological polar surface area (TPSA) is 95.1 Å². The molecule has 2 saturated heterocycles. The molecule has 0 bridgehead atoms. The SMILES string of the molecule is CCOc1ncccc1-c1ccc(N2CCN(C(=O)c3ccc(F)cc3Cl)C[C@H]2CC)c(S(=O)(=O)N[C@@H]2CCN(C)C2)c1. The molecule has 0 radical (unpaired) electrons. The summed E-state index contributed by atoms with van der Waals surface area (Å²) in [6, 6.07) is 12.5. The number of likely N-dealkylation sites (tertiary alicyclic amines) is 1. The first-order valence-electron chi connectivity index (χ1n) is 14.5. The van der Waals surface area contributed by atoms with Crippen molar-refractivity contribution in [2.24, 2.45) is 0 Å². The van der Waals surface area contributed by atoms with E-state index in [4.69, 9.17) is 16.3 Å². The molecule has 2 aliphatic heterocycles. The summed E-state index contributed by atoms with van der Waals surface area (Å²) in [7, 11) is -1.95. The maximum absolute atomic E-state index is 14.1. The van der Waals surface area contributed by atoms with Crippen LogP contribution >= 0.6 is 11.6 Å². The molecule has 1 N–H and O–H groups in total. The molecule has 12 heteroatoms. The van der Waals surface area contributed by atoms with Crippen LogP contribution in [0.5, 0.6) is 5.88 Å². The number of amides is 1. The first-order chi connectivity index (χ1) is 20.6. The van der Waals surface area contributed by atoms with E-state index in [2.05, 4.69) is 19.5 Å². The maximum atomic E-state index is 14.1.